The van der Waals surface area contributed by atoms with E-state index in [0.717, 1.165) is 5.39 Å². The lowest BCUT2D eigenvalue weighted by atomic mass is 10.1. The molecule has 3 N–H and O–H groups in total. The van der Waals surface area contributed by atoms with Crippen LogP contribution in [0, 0.1) is 10.1 Å². The largest absolute Gasteiger partial charge is 0.324 e. The van der Waals surface area contributed by atoms with Gasteiger partial charge in [0.1, 0.15) is 0 Å². The number of nitrogen functional groups attached to an aromatic ring is 1. The SMILES string of the molecule is Cl.NNc1ccc([N+](=O)[O-])c2ccccc12. The molecule has 0 radical (unpaired) electrons. The minimum atomic E-state index is -0.400. The average Bonchev–Trinajstić information content (AvgIpc) is 2.27. The molecule has 0 saturated heterocycles. The zero-order chi connectivity index (χ0) is 10.8. The first-order chi connectivity index (χ1) is 7.24. The summed E-state index contributed by atoms with van der Waals surface area (Å²) in [5.74, 6) is 5.32. The van der Waals surface area contributed by atoms with E-state index in [9.17, 15) is 10.1 Å². The molecule has 0 amide bonds. The summed E-state index contributed by atoms with van der Waals surface area (Å²) in [6.45, 7) is 0. The molecule has 0 aliphatic heterocycles. The highest BCUT2D eigenvalue weighted by molar-refractivity contribution is 5.99. The number of halogens is 1. The van der Waals surface area contributed by atoms with E-state index in [0.29, 0.717) is 11.1 Å². The highest BCUT2D eigenvalue weighted by Gasteiger charge is 2.12. The summed E-state index contributed by atoms with van der Waals surface area (Å²) < 4.78 is 0. The zero-order valence-electron chi connectivity index (χ0n) is 8.21. The molecule has 84 valence electrons. The van der Waals surface area contributed by atoms with Crippen molar-refractivity contribution < 1.29 is 4.92 Å². The maximum atomic E-state index is 10.8. The van der Waals surface area contributed by atoms with Gasteiger partial charge in [0.25, 0.3) is 5.69 Å². The minimum absolute atomic E-state index is 0. The van der Waals surface area contributed by atoms with E-state index in [1.165, 1.54) is 6.07 Å². The third-order valence-electron chi connectivity index (χ3n) is 2.25. The Hall–Kier alpha value is -1.85. The lowest BCUT2D eigenvalue weighted by molar-refractivity contribution is -0.383. The van der Waals surface area contributed by atoms with Crippen LogP contribution in [0.25, 0.3) is 10.8 Å². The minimum Gasteiger partial charge on any atom is -0.324 e. The second-order valence-corrected chi connectivity index (χ2v) is 3.08. The van der Waals surface area contributed by atoms with Crippen molar-refractivity contribution in [1.82, 2.24) is 0 Å². The van der Waals surface area contributed by atoms with Gasteiger partial charge in [0.05, 0.1) is 16.0 Å². The molecule has 0 aliphatic rings. The molecule has 6 heteroatoms. The molecular weight excluding hydrogens is 230 g/mol. The zero-order valence-corrected chi connectivity index (χ0v) is 9.03. The molecule has 0 saturated carbocycles. The molecule has 0 atom stereocenters. The maximum absolute atomic E-state index is 10.8. The number of hydrogen-bond acceptors (Lipinski definition) is 4. The third kappa shape index (κ3) is 1.91. The topological polar surface area (TPSA) is 81.2 Å². The van der Waals surface area contributed by atoms with Crippen LogP contribution in [0.5, 0.6) is 0 Å². The highest BCUT2D eigenvalue weighted by Crippen LogP contribution is 2.30. The van der Waals surface area contributed by atoms with Crippen LogP contribution in [0.4, 0.5) is 11.4 Å². The fraction of sp³-hybridized carbons (Fsp3) is 0. The predicted molar refractivity (Wildman–Crippen MR) is 65.7 cm³/mol. The van der Waals surface area contributed by atoms with Crippen LogP contribution >= 0.6 is 12.4 Å². The Labute approximate surface area is 97.8 Å². The van der Waals surface area contributed by atoms with Crippen LogP contribution in [0.15, 0.2) is 36.4 Å². The van der Waals surface area contributed by atoms with Crippen molar-refractivity contribution in [2.24, 2.45) is 5.84 Å². The summed E-state index contributed by atoms with van der Waals surface area (Å²) in [6.07, 6.45) is 0. The number of hydrogen-bond donors (Lipinski definition) is 2. The third-order valence-corrected chi connectivity index (χ3v) is 2.25. The van der Waals surface area contributed by atoms with Crippen LogP contribution in [0.1, 0.15) is 0 Å². The molecular formula is C10H10ClN3O2. The molecule has 0 fully saturated rings. The number of nitrogens with one attached hydrogen (secondary N) is 1. The summed E-state index contributed by atoms with van der Waals surface area (Å²) in [7, 11) is 0. The van der Waals surface area contributed by atoms with E-state index < -0.39 is 4.92 Å². The first kappa shape index (κ1) is 12.2. The monoisotopic (exact) mass is 239 g/mol. The van der Waals surface area contributed by atoms with Crippen LogP contribution in [0.3, 0.4) is 0 Å². The number of nitro groups is 1. The molecule has 2 aromatic carbocycles. The second kappa shape index (κ2) is 4.78. The van der Waals surface area contributed by atoms with Gasteiger partial charge in [-0.25, -0.2) is 0 Å². The second-order valence-electron chi connectivity index (χ2n) is 3.08. The molecule has 0 heterocycles. The number of benzene rings is 2. The quantitative estimate of drug-likeness (QED) is 0.479. The van der Waals surface area contributed by atoms with Gasteiger partial charge in [-0.1, -0.05) is 18.2 Å². The van der Waals surface area contributed by atoms with Crippen molar-refractivity contribution in [2.45, 2.75) is 0 Å². The number of fused-ring (bicyclic) bond motifs is 1. The number of nitrogens with two attached hydrogens (primary N) is 1. The molecule has 0 aliphatic carbocycles. The van der Waals surface area contributed by atoms with E-state index in [1.54, 1.807) is 24.3 Å². The van der Waals surface area contributed by atoms with E-state index in [-0.39, 0.29) is 18.1 Å². The Morgan fingerprint density at radius 3 is 2.31 bits per heavy atom. The van der Waals surface area contributed by atoms with Crippen LogP contribution in [-0.4, -0.2) is 4.92 Å². The van der Waals surface area contributed by atoms with Crippen molar-refractivity contribution in [1.29, 1.82) is 0 Å². The summed E-state index contributed by atoms with van der Waals surface area (Å²) in [4.78, 5) is 10.4. The predicted octanol–water partition coefficient (Wildman–Crippen LogP) is 2.46. The molecule has 2 rings (SSSR count). The van der Waals surface area contributed by atoms with Gasteiger partial charge < -0.3 is 5.43 Å². The lowest BCUT2D eigenvalue weighted by Gasteiger charge is -2.05. The Morgan fingerprint density at radius 1 is 1.12 bits per heavy atom. The first-order valence-corrected chi connectivity index (χ1v) is 4.37. The molecule has 5 nitrogen and oxygen atoms in total. The molecule has 16 heavy (non-hydrogen) atoms. The lowest BCUT2D eigenvalue weighted by Crippen LogP contribution is -2.07. The van der Waals surface area contributed by atoms with Crippen LogP contribution in [-0.2, 0) is 0 Å². The van der Waals surface area contributed by atoms with Gasteiger partial charge in [-0.2, -0.15) is 0 Å². The smallest absolute Gasteiger partial charge is 0.277 e. The molecule has 2 aromatic rings. The number of non-ortho nitro benzene ring substituents is 1. The number of nitrogens with zero attached hydrogens (tertiary/aromatic N) is 1. The van der Waals surface area contributed by atoms with Gasteiger partial charge in [-0.15, -0.1) is 12.4 Å². The van der Waals surface area contributed by atoms with Gasteiger partial charge >= 0.3 is 0 Å². The number of rotatable bonds is 2. The van der Waals surface area contributed by atoms with Gasteiger partial charge in [-0.3, -0.25) is 16.0 Å². The van der Waals surface area contributed by atoms with E-state index in [1.807, 2.05) is 6.07 Å². The van der Waals surface area contributed by atoms with Crippen LogP contribution < -0.4 is 11.3 Å². The summed E-state index contributed by atoms with van der Waals surface area (Å²) in [6, 6.07) is 10.1. The van der Waals surface area contributed by atoms with E-state index in [4.69, 9.17) is 5.84 Å². The molecule has 0 bridgehead atoms. The standard InChI is InChI=1S/C10H9N3O2.ClH/c11-12-9-5-6-10(13(14)15)8-4-2-1-3-7(8)9;/h1-6,12H,11H2;1H. The Kier molecular flexibility index (Phi) is 3.65. The summed E-state index contributed by atoms with van der Waals surface area (Å²) in [5, 5.41) is 12.1. The van der Waals surface area contributed by atoms with Gasteiger partial charge in [0.15, 0.2) is 0 Å². The van der Waals surface area contributed by atoms with Crippen molar-refractivity contribution >= 4 is 34.6 Å². The van der Waals surface area contributed by atoms with Gasteiger partial charge in [0, 0.05) is 11.5 Å². The fourth-order valence-corrected chi connectivity index (χ4v) is 1.57. The summed E-state index contributed by atoms with van der Waals surface area (Å²) in [5.41, 5.74) is 3.28. The fourth-order valence-electron chi connectivity index (χ4n) is 1.57. The van der Waals surface area contributed by atoms with E-state index >= 15 is 0 Å². The Bertz CT molecular complexity index is 530. The van der Waals surface area contributed by atoms with Gasteiger partial charge in [0.2, 0.25) is 0 Å². The Morgan fingerprint density at radius 2 is 1.75 bits per heavy atom. The first-order valence-electron chi connectivity index (χ1n) is 4.37. The number of hydrazine groups is 1. The normalized spacial score (nSPS) is 9.56. The molecule has 0 unspecified atom stereocenters. The van der Waals surface area contributed by atoms with E-state index in [2.05, 4.69) is 5.43 Å². The summed E-state index contributed by atoms with van der Waals surface area (Å²) >= 11 is 0. The number of anilines is 1. The van der Waals surface area contributed by atoms with Gasteiger partial charge in [-0.05, 0) is 12.1 Å². The van der Waals surface area contributed by atoms with Crippen LogP contribution in [0.2, 0.25) is 0 Å². The molecule has 0 spiro atoms. The van der Waals surface area contributed by atoms with Crippen molar-refractivity contribution in [2.75, 3.05) is 5.43 Å². The maximum Gasteiger partial charge on any atom is 0.277 e. The molecule has 0 aromatic heterocycles. The Balaban J connectivity index is 0.00000128. The van der Waals surface area contributed by atoms with Crippen molar-refractivity contribution in [3.63, 3.8) is 0 Å². The van der Waals surface area contributed by atoms with Crippen molar-refractivity contribution in [3.05, 3.63) is 46.5 Å². The average molecular weight is 240 g/mol. The number of nitro benzene ring substituents is 1. The van der Waals surface area contributed by atoms with Crippen molar-refractivity contribution in [3.8, 4) is 0 Å². The highest BCUT2D eigenvalue weighted by atomic mass is 35.5.